The lowest BCUT2D eigenvalue weighted by atomic mass is 10.2. The van der Waals surface area contributed by atoms with Crippen LogP contribution in [0.25, 0.3) is 0 Å². The molecular formula is C13H24O5S. The molecule has 0 aromatic heterocycles. The van der Waals surface area contributed by atoms with Gasteiger partial charge in [-0.05, 0) is 38.5 Å². The fourth-order valence-corrected chi connectivity index (χ4v) is 2.10. The highest BCUT2D eigenvalue weighted by atomic mass is 32.2. The van der Waals surface area contributed by atoms with Crippen LogP contribution in [0.15, 0.2) is 12.2 Å². The van der Waals surface area contributed by atoms with E-state index in [2.05, 4.69) is 4.18 Å². The lowest BCUT2D eigenvalue weighted by Gasteiger charge is -2.22. The Labute approximate surface area is 116 Å². The molecule has 1 rings (SSSR count). The summed E-state index contributed by atoms with van der Waals surface area (Å²) < 4.78 is 37.0. The Hall–Kier alpha value is -0.430. The number of rotatable bonds is 9. The van der Waals surface area contributed by atoms with Crippen LogP contribution in [0, 0.1) is 0 Å². The molecule has 112 valence electrons. The van der Waals surface area contributed by atoms with Gasteiger partial charge >= 0.3 is 0 Å². The second-order valence-electron chi connectivity index (χ2n) is 4.62. The van der Waals surface area contributed by atoms with Gasteiger partial charge in [-0.15, -0.1) is 0 Å². The molecular weight excluding hydrogens is 268 g/mol. The molecule has 1 unspecified atom stereocenters. The summed E-state index contributed by atoms with van der Waals surface area (Å²) in [5.41, 5.74) is 0. The molecule has 6 heteroatoms. The van der Waals surface area contributed by atoms with Gasteiger partial charge in [-0.1, -0.05) is 12.2 Å². The van der Waals surface area contributed by atoms with Crippen molar-refractivity contribution in [1.29, 1.82) is 0 Å². The summed E-state index contributed by atoms with van der Waals surface area (Å²) in [6, 6.07) is 0. The Kier molecular flexibility index (Phi) is 8.29. The average molecular weight is 292 g/mol. The maximum atomic E-state index is 10.7. The summed E-state index contributed by atoms with van der Waals surface area (Å²) in [6.07, 6.45) is 10.9. The van der Waals surface area contributed by atoms with E-state index in [4.69, 9.17) is 9.47 Å². The number of ether oxygens (including phenoxy) is 2. The quantitative estimate of drug-likeness (QED) is 0.370. The fourth-order valence-electron chi connectivity index (χ4n) is 1.77. The number of allylic oxidation sites excluding steroid dienone is 1. The Bertz CT molecular complexity index is 344. The van der Waals surface area contributed by atoms with Crippen LogP contribution in [-0.4, -0.2) is 40.8 Å². The van der Waals surface area contributed by atoms with E-state index in [1.54, 1.807) is 6.08 Å². The van der Waals surface area contributed by atoms with Crippen molar-refractivity contribution in [3.05, 3.63) is 12.2 Å². The lowest BCUT2D eigenvalue weighted by molar-refractivity contribution is -0.162. The summed E-state index contributed by atoms with van der Waals surface area (Å²) in [6.45, 7) is 1.65. The van der Waals surface area contributed by atoms with Crippen molar-refractivity contribution >= 4 is 10.1 Å². The molecule has 0 amide bonds. The molecule has 0 bridgehead atoms. The molecule has 1 fully saturated rings. The first-order valence-electron chi connectivity index (χ1n) is 6.80. The van der Waals surface area contributed by atoms with Crippen LogP contribution in [-0.2, 0) is 23.8 Å². The first kappa shape index (κ1) is 16.6. The van der Waals surface area contributed by atoms with E-state index in [1.807, 2.05) is 6.08 Å². The van der Waals surface area contributed by atoms with E-state index in [-0.39, 0.29) is 12.9 Å². The lowest BCUT2D eigenvalue weighted by Crippen LogP contribution is -2.22. The van der Waals surface area contributed by atoms with E-state index in [0.717, 1.165) is 51.6 Å². The van der Waals surface area contributed by atoms with Crippen molar-refractivity contribution in [3.63, 3.8) is 0 Å². The monoisotopic (exact) mass is 292 g/mol. The third kappa shape index (κ3) is 10.1. The van der Waals surface area contributed by atoms with Crippen molar-refractivity contribution in [1.82, 2.24) is 0 Å². The SMILES string of the molecule is CS(=O)(=O)OCC=CCCCCOC1CCCCO1. The van der Waals surface area contributed by atoms with Crippen LogP contribution in [0.5, 0.6) is 0 Å². The Morgan fingerprint density at radius 3 is 2.79 bits per heavy atom. The van der Waals surface area contributed by atoms with Crippen LogP contribution in [0.1, 0.15) is 38.5 Å². The van der Waals surface area contributed by atoms with Gasteiger partial charge in [0.15, 0.2) is 6.29 Å². The molecule has 1 heterocycles. The van der Waals surface area contributed by atoms with E-state index in [0.29, 0.717) is 0 Å². The van der Waals surface area contributed by atoms with Gasteiger partial charge in [0.2, 0.25) is 0 Å². The summed E-state index contributed by atoms with van der Waals surface area (Å²) in [5.74, 6) is 0. The van der Waals surface area contributed by atoms with Gasteiger partial charge in [0.25, 0.3) is 10.1 Å². The maximum absolute atomic E-state index is 10.7. The smallest absolute Gasteiger partial charge is 0.264 e. The number of hydrogen-bond acceptors (Lipinski definition) is 5. The van der Waals surface area contributed by atoms with Gasteiger partial charge in [0.1, 0.15) is 0 Å². The predicted molar refractivity (Wildman–Crippen MR) is 73.3 cm³/mol. The Morgan fingerprint density at radius 1 is 1.26 bits per heavy atom. The van der Waals surface area contributed by atoms with Crippen molar-refractivity contribution < 1.29 is 22.1 Å². The highest BCUT2D eigenvalue weighted by Gasteiger charge is 2.12. The molecule has 19 heavy (non-hydrogen) atoms. The van der Waals surface area contributed by atoms with Gasteiger partial charge in [-0.3, -0.25) is 4.18 Å². The molecule has 5 nitrogen and oxygen atoms in total. The van der Waals surface area contributed by atoms with Crippen LogP contribution in [0.4, 0.5) is 0 Å². The van der Waals surface area contributed by atoms with Gasteiger partial charge in [-0.2, -0.15) is 8.42 Å². The van der Waals surface area contributed by atoms with Crippen LogP contribution in [0.3, 0.4) is 0 Å². The van der Waals surface area contributed by atoms with Crippen LogP contribution >= 0.6 is 0 Å². The first-order chi connectivity index (χ1) is 9.08. The number of unbranched alkanes of at least 4 members (excludes halogenated alkanes) is 2. The molecule has 1 aliphatic heterocycles. The molecule has 0 aromatic rings. The molecule has 0 radical (unpaired) electrons. The Balaban J connectivity index is 1.89. The van der Waals surface area contributed by atoms with Crippen molar-refractivity contribution in [3.8, 4) is 0 Å². The standard InChI is InChI=1S/C13H24O5S/c1-19(14,15)18-12-7-4-2-3-6-10-16-13-9-5-8-11-17-13/h4,7,13H,2-3,5-6,8-12H2,1H3. The minimum atomic E-state index is -3.32. The molecule has 1 saturated heterocycles. The Morgan fingerprint density at radius 2 is 2.11 bits per heavy atom. The van der Waals surface area contributed by atoms with Gasteiger partial charge in [0.05, 0.1) is 12.9 Å². The molecule has 0 saturated carbocycles. The summed E-state index contributed by atoms with van der Waals surface area (Å²) in [5, 5.41) is 0. The average Bonchev–Trinajstić information content (AvgIpc) is 2.37. The number of hydrogen-bond donors (Lipinski definition) is 0. The van der Waals surface area contributed by atoms with Gasteiger partial charge < -0.3 is 9.47 Å². The molecule has 0 spiro atoms. The molecule has 0 N–H and O–H groups in total. The minimum absolute atomic E-state index is 0.00699. The molecule has 1 aliphatic rings. The summed E-state index contributed by atoms with van der Waals surface area (Å²) >= 11 is 0. The van der Waals surface area contributed by atoms with E-state index >= 15 is 0 Å². The first-order valence-corrected chi connectivity index (χ1v) is 8.62. The van der Waals surface area contributed by atoms with Crippen molar-refractivity contribution in [2.24, 2.45) is 0 Å². The summed E-state index contributed by atoms with van der Waals surface area (Å²) in [4.78, 5) is 0. The van der Waals surface area contributed by atoms with Crippen molar-refractivity contribution in [2.75, 3.05) is 26.1 Å². The second kappa shape index (κ2) is 9.47. The third-order valence-electron chi connectivity index (χ3n) is 2.75. The second-order valence-corrected chi connectivity index (χ2v) is 6.27. The van der Waals surface area contributed by atoms with E-state index in [9.17, 15) is 8.42 Å². The predicted octanol–water partition coefficient (Wildman–Crippen LogP) is 2.23. The largest absolute Gasteiger partial charge is 0.353 e. The van der Waals surface area contributed by atoms with Gasteiger partial charge in [-0.25, -0.2) is 0 Å². The zero-order chi connectivity index (χ0) is 14.0. The normalized spacial score (nSPS) is 21.0. The topological polar surface area (TPSA) is 61.8 Å². The maximum Gasteiger partial charge on any atom is 0.264 e. The van der Waals surface area contributed by atoms with Crippen LogP contribution in [0.2, 0.25) is 0 Å². The minimum Gasteiger partial charge on any atom is -0.353 e. The molecule has 0 aromatic carbocycles. The van der Waals surface area contributed by atoms with Crippen molar-refractivity contribution in [2.45, 2.75) is 44.8 Å². The van der Waals surface area contributed by atoms with Gasteiger partial charge in [0, 0.05) is 13.2 Å². The zero-order valence-electron chi connectivity index (χ0n) is 11.5. The molecule has 0 aliphatic carbocycles. The third-order valence-corrected chi connectivity index (χ3v) is 3.32. The zero-order valence-corrected chi connectivity index (χ0v) is 12.4. The fraction of sp³-hybridized carbons (Fsp3) is 0.846. The molecule has 1 atom stereocenters. The van der Waals surface area contributed by atoms with Crippen LogP contribution < -0.4 is 0 Å². The van der Waals surface area contributed by atoms with E-state index in [1.165, 1.54) is 6.42 Å². The highest BCUT2D eigenvalue weighted by molar-refractivity contribution is 7.85. The highest BCUT2D eigenvalue weighted by Crippen LogP contribution is 2.14. The van der Waals surface area contributed by atoms with E-state index < -0.39 is 10.1 Å². The summed E-state index contributed by atoms with van der Waals surface area (Å²) in [7, 11) is -3.32.